The smallest absolute Gasteiger partial charge is 0.239 e. The Morgan fingerprint density at radius 3 is 2.89 bits per heavy atom. The van der Waals surface area contributed by atoms with E-state index in [4.69, 9.17) is 0 Å². The van der Waals surface area contributed by atoms with E-state index in [2.05, 4.69) is 20.5 Å². The van der Waals surface area contributed by atoms with Gasteiger partial charge in [-0.15, -0.1) is 10.2 Å². The minimum absolute atomic E-state index is 0.0980. The molecule has 0 bridgehead atoms. The first-order valence-electron chi connectivity index (χ1n) is 5.31. The van der Waals surface area contributed by atoms with E-state index in [0.29, 0.717) is 5.13 Å². The van der Waals surface area contributed by atoms with Gasteiger partial charge in [0.15, 0.2) is 5.16 Å². The van der Waals surface area contributed by atoms with Crippen LogP contribution in [-0.2, 0) is 11.8 Å². The molecule has 0 saturated carbocycles. The molecule has 0 aliphatic rings. The molecule has 96 valence electrons. The number of aromatic nitrogens is 4. The van der Waals surface area contributed by atoms with E-state index >= 15 is 0 Å². The third kappa shape index (κ3) is 3.08. The van der Waals surface area contributed by atoms with E-state index in [0.717, 1.165) is 10.2 Å². The first-order valence-corrected chi connectivity index (χ1v) is 7.01. The SMILES string of the molecule is Cc1nnc(NC(=O)C(C)Sc2nccn2C)s1. The summed E-state index contributed by atoms with van der Waals surface area (Å²) in [7, 11) is 1.90. The lowest BCUT2D eigenvalue weighted by Crippen LogP contribution is -2.22. The van der Waals surface area contributed by atoms with Gasteiger partial charge >= 0.3 is 0 Å². The van der Waals surface area contributed by atoms with Gasteiger partial charge in [0.25, 0.3) is 0 Å². The van der Waals surface area contributed by atoms with Crippen LogP contribution in [0.4, 0.5) is 5.13 Å². The highest BCUT2D eigenvalue weighted by Crippen LogP contribution is 2.22. The minimum Gasteiger partial charge on any atom is -0.329 e. The molecule has 1 unspecified atom stereocenters. The van der Waals surface area contributed by atoms with Crippen molar-refractivity contribution in [3.8, 4) is 0 Å². The topological polar surface area (TPSA) is 72.7 Å². The summed E-state index contributed by atoms with van der Waals surface area (Å²) >= 11 is 2.77. The van der Waals surface area contributed by atoms with E-state index in [1.54, 1.807) is 6.20 Å². The predicted octanol–water partition coefficient (Wildman–Crippen LogP) is 1.70. The third-order valence-electron chi connectivity index (χ3n) is 2.18. The molecule has 2 aromatic heterocycles. The number of thioether (sulfide) groups is 1. The molecule has 0 radical (unpaired) electrons. The number of carbonyl (C=O) groups is 1. The number of hydrogen-bond donors (Lipinski definition) is 1. The van der Waals surface area contributed by atoms with Crippen LogP contribution in [0.2, 0.25) is 0 Å². The molecule has 0 aromatic carbocycles. The van der Waals surface area contributed by atoms with Gasteiger partial charge in [-0.2, -0.15) is 0 Å². The summed E-state index contributed by atoms with van der Waals surface area (Å²) in [6.45, 7) is 3.68. The first kappa shape index (κ1) is 13.0. The fraction of sp³-hybridized carbons (Fsp3) is 0.400. The van der Waals surface area contributed by atoms with Crippen LogP contribution >= 0.6 is 23.1 Å². The first-order chi connectivity index (χ1) is 8.56. The van der Waals surface area contributed by atoms with Crippen molar-refractivity contribution >= 4 is 34.1 Å². The zero-order chi connectivity index (χ0) is 13.1. The van der Waals surface area contributed by atoms with Crippen molar-refractivity contribution in [3.63, 3.8) is 0 Å². The summed E-state index contributed by atoms with van der Waals surface area (Å²) in [4.78, 5) is 16.1. The number of nitrogens with zero attached hydrogens (tertiary/aromatic N) is 4. The molecule has 0 saturated heterocycles. The fourth-order valence-electron chi connectivity index (χ4n) is 1.23. The van der Waals surface area contributed by atoms with Crippen LogP contribution in [-0.4, -0.2) is 30.9 Å². The number of rotatable bonds is 4. The van der Waals surface area contributed by atoms with E-state index in [1.807, 2.05) is 31.7 Å². The summed E-state index contributed by atoms with van der Waals surface area (Å²) in [6.07, 6.45) is 3.56. The molecular weight excluding hydrogens is 270 g/mol. The van der Waals surface area contributed by atoms with Gasteiger partial charge in [-0.1, -0.05) is 23.1 Å². The number of hydrogen-bond acceptors (Lipinski definition) is 6. The molecule has 0 aliphatic heterocycles. The van der Waals surface area contributed by atoms with Crippen molar-refractivity contribution in [2.24, 2.45) is 7.05 Å². The molecule has 8 heteroatoms. The molecule has 18 heavy (non-hydrogen) atoms. The molecular formula is C10H13N5OS2. The molecule has 0 fully saturated rings. The highest BCUT2D eigenvalue weighted by atomic mass is 32.2. The van der Waals surface area contributed by atoms with E-state index in [-0.39, 0.29) is 11.2 Å². The van der Waals surface area contributed by atoms with Crippen LogP contribution in [0.5, 0.6) is 0 Å². The van der Waals surface area contributed by atoms with Gasteiger partial charge in [-0.3, -0.25) is 10.1 Å². The van der Waals surface area contributed by atoms with Gasteiger partial charge in [0.1, 0.15) is 5.01 Å². The van der Waals surface area contributed by atoms with Crippen molar-refractivity contribution in [2.45, 2.75) is 24.3 Å². The van der Waals surface area contributed by atoms with Gasteiger partial charge in [0.05, 0.1) is 5.25 Å². The van der Waals surface area contributed by atoms with Gasteiger partial charge in [-0.25, -0.2) is 4.98 Å². The molecule has 1 atom stereocenters. The maximum Gasteiger partial charge on any atom is 0.239 e. The van der Waals surface area contributed by atoms with Crippen molar-refractivity contribution < 1.29 is 4.79 Å². The summed E-state index contributed by atoms with van der Waals surface area (Å²) in [5, 5.41) is 12.4. The minimum atomic E-state index is -0.240. The Hall–Kier alpha value is -1.41. The van der Waals surface area contributed by atoms with E-state index in [1.165, 1.54) is 23.1 Å². The Balaban J connectivity index is 1.95. The Morgan fingerprint density at radius 2 is 2.33 bits per heavy atom. The van der Waals surface area contributed by atoms with Crippen LogP contribution in [0.15, 0.2) is 17.6 Å². The molecule has 1 amide bonds. The maximum absolute atomic E-state index is 11.9. The van der Waals surface area contributed by atoms with E-state index < -0.39 is 0 Å². The summed E-state index contributed by atoms with van der Waals surface area (Å²) in [5.41, 5.74) is 0. The lowest BCUT2D eigenvalue weighted by molar-refractivity contribution is -0.115. The summed E-state index contributed by atoms with van der Waals surface area (Å²) in [5.74, 6) is -0.0980. The zero-order valence-corrected chi connectivity index (χ0v) is 11.9. The number of imidazole rings is 1. The highest BCUT2D eigenvalue weighted by molar-refractivity contribution is 8.00. The number of carbonyl (C=O) groups excluding carboxylic acids is 1. The standard InChI is InChI=1S/C10H13N5OS2/c1-6(17-10-11-4-5-15(10)3)8(16)12-9-14-13-7(2)18-9/h4-6H,1-3H3,(H,12,14,16). The Morgan fingerprint density at radius 1 is 1.56 bits per heavy atom. The van der Waals surface area contributed by atoms with Crippen LogP contribution in [0, 0.1) is 6.92 Å². The van der Waals surface area contributed by atoms with Crippen LogP contribution in [0.3, 0.4) is 0 Å². The molecule has 0 spiro atoms. The molecule has 0 aliphatic carbocycles. The molecule has 6 nitrogen and oxygen atoms in total. The molecule has 2 heterocycles. The number of amides is 1. The van der Waals surface area contributed by atoms with Crippen molar-refractivity contribution in [1.82, 2.24) is 19.7 Å². The number of anilines is 1. The second kappa shape index (κ2) is 5.49. The molecule has 2 rings (SSSR count). The second-order valence-electron chi connectivity index (χ2n) is 3.70. The second-order valence-corrected chi connectivity index (χ2v) is 6.19. The lowest BCUT2D eigenvalue weighted by atomic mass is 10.4. The average molecular weight is 283 g/mol. The van der Waals surface area contributed by atoms with Crippen molar-refractivity contribution in [1.29, 1.82) is 0 Å². The predicted molar refractivity (Wildman–Crippen MR) is 71.8 cm³/mol. The third-order valence-corrected chi connectivity index (χ3v) is 4.11. The van der Waals surface area contributed by atoms with Gasteiger partial charge in [0.2, 0.25) is 11.0 Å². The number of aryl methyl sites for hydroxylation is 2. The molecule has 2 aromatic rings. The average Bonchev–Trinajstić information content (AvgIpc) is 2.89. The van der Waals surface area contributed by atoms with Crippen LogP contribution in [0.1, 0.15) is 11.9 Å². The monoisotopic (exact) mass is 283 g/mol. The zero-order valence-electron chi connectivity index (χ0n) is 10.2. The van der Waals surface area contributed by atoms with Crippen molar-refractivity contribution in [3.05, 3.63) is 17.4 Å². The normalized spacial score (nSPS) is 12.4. The fourth-order valence-corrected chi connectivity index (χ4v) is 2.66. The lowest BCUT2D eigenvalue weighted by Gasteiger charge is -2.09. The van der Waals surface area contributed by atoms with Crippen LogP contribution < -0.4 is 5.32 Å². The van der Waals surface area contributed by atoms with Crippen molar-refractivity contribution in [2.75, 3.05) is 5.32 Å². The van der Waals surface area contributed by atoms with Gasteiger partial charge in [0, 0.05) is 19.4 Å². The highest BCUT2D eigenvalue weighted by Gasteiger charge is 2.17. The van der Waals surface area contributed by atoms with Gasteiger partial charge in [-0.05, 0) is 13.8 Å². The Kier molecular flexibility index (Phi) is 3.97. The van der Waals surface area contributed by atoms with Crippen LogP contribution in [0.25, 0.3) is 0 Å². The summed E-state index contributed by atoms with van der Waals surface area (Å²) < 4.78 is 1.88. The Bertz CT molecular complexity index is 550. The number of nitrogens with one attached hydrogen (secondary N) is 1. The Labute approximate surface area is 113 Å². The summed E-state index contributed by atoms with van der Waals surface area (Å²) in [6, 6.07) is 0. The maximum atomic E-state index is 11.9. The molecule has 1 N–H and O–H groups in total. The van der Waals surface area contributed by atoms with E-state index in [9.17, 15) is 4.79 Å². The largest absolute Gasteiger partial charge is 0.329 e. The quantitative estimate of drug-likeness (QED) is 0.865. The van der Waals surface area contributed by atoms with Gasteiger partial charge < -0.3 is 4.57 Å².